The van der Waals surface area contributed by atoms with Crippen LogP contribution in [0.5, 0.6) is 0 Å². The lowest BCUT2D eigenvalue weighted by Gasteiger charge is -2.06. The number of nitrogens with one attached hydrogen (secondary N) is 2. The van der Waals surface area contributed by atoms with E-state index >= 15 is 0 Å². The van der Waals surface area contributed by atoms with E-state index in [1.807, 2.05) is 0 Å². The average Bonchev–Trinajstić information content (AvgIpc) is 3.05. The maximum Gasteiger partial charge on any atom is 0.264 e. The number of carbonyl (C=O) groups is 1. The number of carbonyl (C=O) groups excluding carboxylic acids is 1. The van der Waals surface area contributed by atoms with Gasteiger partial charge in [0.25, 0.3) is 5.95 Å². The van der Waals surface area contributed by atoms with Crippen molar-refractivity contribution in [3.63, 3.8) is 0 Å². The van der Waals surface area contributed by atoms with Gasteiger partial charge in [-0.1, -0.05) is 70.8 Å². The van der Waals surface area contributed by atoms with Gasteiger partial charge in [-0.3, -0.25) is 4.79 Å². The fourth-order valence-electron chi connectivity index (χ4n) is 2.11. The van der Waals surface area contributed by atoms with Crippen LogP contribution in [0.3, 0.4) is 0 Å². The summed E-state index contributed by atoms with van der Waals surface area (Å²) in [5.74, 6) is 5.94. The molecule has 3 aromatic rings. The van der Waals surface area contributed by atoms with E-state index in [-0.39, 0.29) is 17.6 Å². The molecule has 0 saturated heterocycles. The molecule has 0 fully saturated rings. The zero-order chi connectivity index (χ0) is 20.8. The van der Waals surface area contributed by atoms with E-state index in [4.69, 9.17) is 40.6 Å². The van der Waals surface area contributed by atoms with Crippen molar-refractivity contribution in [3.05, 3.63) is 63.1 Å². The van der Waals surface area contributed by atoms with E-state index in [2.05, 4.69) is 26.0 Å². The molecule has 0 aliphatic carbocycles. The van der Waals surface area contributed by atoms with Gasteiger partial charge in [-0.15, -0.1) is 10.2 Å². The Kier molecular flexibility index (Phi) is 7.21. The van der Waals surface area contributed by atoms with E-state index < -0.39 is 0 Å². The van der Waals surface area contributed by atoms with Gasteiger partial charge in [-0.25, -0.2) is 10.1 Å². The molecule has 0 bridgehead atoms. The van der Waals surface area contributed by atoms with E-state index in [9.17, 15) is 4.79 Å². The third kappa shape index (κ3) is 5.54. The third-order valence-corrected chi connectivity index (χ3v) is 5.60. The van der Waals surface area contributed by atoms with Crippen molar-refractivity contribution in [2.24, 2.45) is 5.10 Å². The van der Waals surface area contributed by atoms with Crippen LogP contribution in [0.1, 0.15) is 5.56 Å². The molecule has 0 unspecified atom stereocenters. The second-order valence-corrected chi connectivity index (χ2v) is 7.64. The summed E-state index contributed by atoms with van der Waals surface area (Å²) in [6.45, 7) is 0. The third-order valence-electron chi connectivity index (χ3n) is 3.49. The number of hydrogen-bond donors (Lipinski definition) is 3. The highest BCUT2D eigenvalue weighted by molar-refractivity contribution is 7.99. The summed E-state index contributed by atoms with van der Waals surface area (Å²) in [5, 5.41) is 16.2. The molecule has 29 heavy (non-hydrogen) atoms. The molecule has 1 aromatic heterocycles. The Morgan fingerprint density at radius 3 is 2.69 bits per heavy atom. The lowest BCUT2D eigenvalue weighted by molar-refractivity contribution is -0.113. The van der Waals surface area contributed by atoms with Gasteiger partial charge in [0.05, 0.1) is 32.7 Å². The number of nitrogens with two attached hydrogens (primary N) is 1. The second-order valence-electron chi connectivity index (χ2n) is 5.51. The Hall–Kier alpha value is -2.46. The highest BCUT2D eigenvalue weighted by Crippen LogP contribution is 2.24. The van der Waals surface area contributed by atoms with Crippen molar-refractivity contribution in [1.82, 2.24) is 14.9 Å². The van der Waals surface area contributed by atoms with Crippen LogP contribution >= 0.6 is 46.6 Å². The molecule has 4 N–H and O–H groups in total. The maximum atomic E-state index is 12.1. The summed E-state index contributed by atoms with van der Waals surface area (Å²) in [6, 6.07) is 12.1. The van der Waals surface area contributed by atoms with Crippen LogP contribution in [0.25, 0.3) is 0 Å². The molecule has 1 heterocycles. The second kappa shape index (κ2) is 9.84. The number of benzene rings is 2. The highest BCUT2D eigenvalue weighted by Gasteiger charge is 2.13. The average molecular weight is 471 g/mol. The quantitative estimate of drug-likeness (QED) is 0.207. The largest absolute Gasteiger partial charge is 0.334 e. The number of halogens is 3. The summed E-state index contributed by atoms with van der Waals surface area (Å²) in [5.41, 5.74) is 3.82. The van der Waals surface area contributed by atoms with Gasteiger partial charge in [-0.2, -0.15) is 5.10 Å². The van der Waals surface area contributed by atoms with Crippen LogP contribution in [0.2, 0.25) is 15.1 Å². The first-order valence-corrected chi connectivity index (χ1v) is 10.2. The summed E-state index contributed by atoms with van der Waals surface area (Å²) < 4.78 is 1.18. The Bertz CT molecular complexity index is 1060. The van der Waals surface area contributed by atoms with Crippen molar-refractivity contribution in [1.29, 1.82) is 0 Å². The van der Waals surface area contributed by atoms with Crippen LogP contribution in [0.15, 0.2) is 52.7 Å². The van der Waals surface area contributed by atoms with Crippen LogP contribution in [0.4, 0.5) is 11.6 Å². The highest BCUT2D eigenvalue weighted by atomic mass is 35.5. The van der Waals surface area contributed by atoms with Gasteiger partial charge < -0.3 is 11.2 Å². The Balaban J connectivity index is 1.56. The number of nitrogen functional groups attached to an aromatic ring is 1. The first kappa shape index (κ1) is 21.3. The molecule has 0 atom stereocenters. The van der Waals surface area contributed by atoms with Crippen molar-refractivity contribution in [2.45, 2.75) is 5.16 Å². The van der Waals surface area contributed by atoms with E-state index in [0.717, 1.165) is 11.8 Å². The molecule has 1 amide bonds. The fraction of sp³-hybridized carbons (Fsp3) is 0.0588. The first-order valence-electron chi connectivity index (χ1n) is 8.06. The summed E-state index contributed by atoms with van der Waals surface area (Å²) in [7, 11) is 0. The Morgan fingerprint density at radius 1 is 1.14 bits per heavy atom. The summed E-state index contributed by atoms with van der Waals surface area (Å²) >= 11 is 19.2. The van der Waals surface area contributed by atoms with Crippen LogP contribution in [0, 0.1) is 0 Å². The first-order chi connectivity index (χ1) is 14.0. The van der Waals surface area contributed by atoms with Gasteiger partial charge in [0.15, 0.2) is 0 Å². The van der Waals surface area contributed by atoms with Gasteiger partial charge in [-0.05, 0) is 18.2 Å². The summed E-state index contributed by atoms with van der Waals surface area (Å²) in [4.78, 5) is 12.1. The van der Waals surface area contributed by atoms with Crippen molar-refractivity contribution < 1.29 is 4.79 Å². The predicted molar refractivity (Wildman–Crippen MR) is 119 cm³/mol. The molecule has 2 aromatic carbocycles. The monoisotopic (exact) mass is 469 g/mol. The van der Waals surface area contributed by atoms with E-state index in [1.165, 1.54) is 10.9 Å². The molecule has 0 saturated carbocycles. The van der Waals surface area contributed by atoms with E-state index in [1.54, 1.807) is 42.5 Å². The Labute approximate surface area is 185 Å². The Morgan fingerprint density at radius 2 is 1.90 bits per heavy atom. The zero-order valence-corrected chi connectivity index (χ0v) is 17.7. The standard InChI is InChI=1S/C17H14Cl3N7OS/c18-11-5-1-2-7-13(11)23-14(28)9-29-17-26-25-16(27(17)21)24-22-8-10-4-3-6-12(19)15(10)20/h1-8H,9,21H2,(H,23,28)(H,24,25)/b22-8+. The number of hydrazone groups is 1. The van der Waals surface area contributed by atoms with Gasteiger partial charge in [0.1, 0.15) is 0 Å². The normalized spacial score (nSPS) is 11.0. The minimum Gasteiger partial charge on any atom is -0.334 e. The number of hydrogen-bond acceptors (Lipinski definition) is 7. The van der Waals surface area contributed by atoms with Crippen LogP contribution in [-0.2, 0) is 4.79 Å². The number of nitrogens with zero attached hydrogens (tertiary/aromatic N) is 4. The van der Waals surface area contributed by atoms with Gasteiger partial charge >= 0.3 is 0 Å². The number of anilines is 2. The van der Waals surface area contributed by atoms with Crippen LogP contribution < -0.4 is 16.6 Å². The molecule has 0 aliphatic heterocycles. The minimum absolute atomic E-state index is 0.0714. The maximum absolute atomic E-state index is 12.1. The van der Waals surface area contributed by atoms with Gasteiger partial charge in [0, 0.05) is 5.56 Å². The van der Waals surface area contributed by atoms with Gasteiger partial charge in [0.2, 0.25) is 11.1 Å². The smallest absolute Gasteiger partial charge is 0.264 e. The minimum atomic E-state index is -0.255. The number of aromatic nitrogens is 3. The van der Waals surface area contributed by atoms with E-state index in [0.29, 0.717) is 31.5 Å². The number of thioether (sulfide) groups is 1. The lowest BCUT2D eigenvalue weighted by atomic mass is 10.2. The molecule has 0 spiro atoms. The number of amides is 1. The fourth-order valence-corrected chi connectivity index (χ4v) is 3.31. The SMILES string of the molecule is Nn1c(N/N=C/c2cccc(Cl)c2Cl)nnc1SCC(=O)Nc1ccccc1Cl. The molecular formula is C17H14Cl3N7OS. The number of para-hydroxylation sites is 1. The molecule has 0 radical (unpaired) electrons. The molecule has 8 nitrogen and oxygen atoms in total. The molecule has 3 rings (SSSR count). The van der Waals surface area contributed by atoms with Crippen LogP contribution in [-0.4, -0.2) is 32.7 Å². The lowest BCUT2D eigenvalue weighted by Crippen LogP contribution is -2.17. The molecule has 0 aliphatic rings. The van der Waals surface area contributed by atoms with Crippen molar-refractivity contribution >= 4 is 70.3 Å². The molecule has 12 heteroatoms. The van der Waals surface area contributed by atoms with Crippen molar-refractivity contribution in [3.8, 4) is 0 Å². The predicted octanol–water partition coefficient (Wildman–Crippen LogP) is 4.13. The zero-order valence-electron chi connectivity index (χ0n) is 14.6. The number of rotatable bonds is 7. The van der Waals surface area contributed by atoms with Crippen molar-refractivity contribution in [2.75, 3.05) is 22.3 Å². The topological polar surface area (TPSA) is 110 Å². The summed E-state index contributed by atoms with van der Waals surface area (Å²) in [6.07, 6.45) is 1.48. The molecule has 150 valence electrons. The molecular weight excluding hydrogens is 457 g/mol.